The summed E-state index contributed by atoms with van der Waals surface area (Å²) >= 11 is 3.52. The molecule has 2 atom stereocenters. The molecule has 12 heteroatoms. The molecular formula is C39H40BrN7O4. The molecule has 262 valence electrons. The number of nitrogens with zero attached hydrogens (tertiary/aromatic N) is 6. The highest BCUT2D eigenvalue weighted by atomic mass is 79.9. The highest BCUT2D eigenvalue weighted by Gasteiger charge is 2.35. The van der Waals surface area contributed by atoms with Crippen LogP contribution < -0.4 is 11.0 Å². The molecule has 4 heterocycles. The number of aromatic nitrogens is 5. The third-order valence-corrected chi connectivity index (χ3v) is 10.5. The summed E-state index contributed by atoms with van der Waals surface area (Å²) in [6.45, 7) is 9.30. The number of imidazole rings is 1. The van der Waals surface area contributed by atoms with Gasteiger partial charge in [-0.05, 0) is 87.4 Å². The lowest BCUT2D eigenvalue weighted by molar-refractivity contribution is 0.0610. The summed E-state index contributed by atoms with van der Waals surface area (Å²) in [7, 11) is 0. The molecule has 11 nitrogen and oxygen atoms in total. The molecule has 1 unspecified atom stereocenters. The van der Waals surface area contributed by atoms with Gasteiger partial charge in [0.05, 0.1) is 29.7 Å². The lowest BCUT2D eigenvalue weighted by Gasteiger charge is -2.34. The van der Waals surface area contributed by atoms with Gasteiger partial charge in [-0.3, -0.25) is 23.4 Å². The number of carbonyl (C=O) groups is 2. The van der Waals surface area contributed by atoms with Crippen LogP contribution in [0.3, 0.4) is 0 Å². The van der Waals surface area contributed by atoms with Crippen molar-refractivity contribution in [3.63, 3.8) is 0 Å². The van der Waals surface area contributed by atoms with Crippen molar-refractivity contribution in [2.75, 3.05) is 0 Å². The predicted molar refractivity (Wildman–Crippen MR) is 200 cm³/mol. The zero-order valence-corrected chi connectivity index (χ0v) is 30.6. The Balaban J connectivity index is 1.29. The number of carbonyl (C=O) groups excluding carboxylic acids is 2. The van der Waals surface area contributed by atoms with Crippen LogP contribution in [-0.2, 0) is 32.7 Å². The van der Waals surface area contributed by atoms with Crippen molar-refractivity contribution in [3.05, 3.63) is 128 Å². The quantitative estimate of drug-likeness (QED) is 0.191. The summed E-state index contributed by atoms with van der Waals surface area (Å²) in [6.07, 6.45) is 3.30. The van der Waals surface area contributed by atoms with Gasteiger partial charge in [-0.1, -0.05) is 40.2 Å². The maximum Gasteiger partial charge on any atom is 0.333 e. The number of amides is 2. The van der Waals surface area contributed by atoms with E-state index < -0.39 is 12.0 Å². The van der Waals surface area contributed by atoms with Crippen molar-refractivity contribution in [1.82, 2.24) is 33.7 Å². The minimum atomic E-state index is -0.530. The zero-order chi connectivity index (χ0) is 36.0. The van der Waals surface area contributed by atoms with Crippen molar-refractivity contribution in [1.29, 1.82) is 0 Å². The van der Waals surface area contributed by atoms with Crippen LogP contribution in [0.25, 0.3) is 27.8 Å². The Hall–Kier alpha value is -5.20. The molecule has 51 heavy (non-hydrogen) atoms. The Labute approximate surface area is 303 Å². The van der Waals surface area contributed by atoms with E-state index in [1.165, 1.54) is 4.57 Å². The van der Waals surface area contributed by atoms with Crippen LogP contribution in [0.1, 0.15) is 58.4 Å². The minimum Gasteiger partial charge on any atom is -0.392 e. The number of aryl methyl sites for hydroxylation is 2. The molecule has 0 aliphatic carbocycles. The standard InChI is InChI=1S/C39H40BrN7O4/c1-5-44-17-15-33(42-44)31-9-7-6-8-29(31)20-41-37(49)36-35-23-45(38(50)28-10-12-32(40)24(2)18-28)25(3)21-46(35)39(51)47(36)30-11-13-34-27(19-30)14-16-43(34)22-26(4)48/h6-19,25-26,48H,5,20-23H2,1-4H3,(H,41,49)/t25?,26-/m1/s1. The van der Waals surface area contributed by atoms with Gasteiger partial charge in [0.1, 0.15) is 5.69 Å². The molecule has 1 aliphatic heterocycles. The van der Waals surface area contributed by atoms with Crippen molar-refractivity contribution in [2.45, 2.75) is 72.6 Å². The fourth-order valence-electron chi connectivity index (χ4n) is 6.94. The van der Waals surface area contributed by atoms with E-state index in [4.69, 9.17) is 0 Å². The Bertz CT molecular complexity index is 2350. The number of hydrogen-bond donors (Lipinski definition) is 2. The van der Waals surface area contributed by atoms with E-state index in [0.29, 0.717) is 23.5 Å². The van der Waals surface area contributed by atoms with Crippen LogP contribution in [0.2, 0.25) is 0 Å². The Morgan fingerprint density at radius 1 is 1.06 bits per heavy atom. The third kappa shape index (κ3) is 6.45. The Morgan fingerprint density at radius 3 is 2.61 bits per heavy atom. The van der Waals surface area contributed by atoms with Crippen molar-refractivity contribution >= 4 is 38.6 Å². The van der Waals surface area contributed by atoms with Crippen LogP contribution >= 0.6 is 15.9 Å². The molecule has 6 aromatic rings. The summed E-state index contributed by atoms with van der Waals surface area (Å²) in [4.78, 5) is 44.5. The highest BCUT2D eigenvalue weighted by Crippen LogP contribution is 2.28. The number of aliphatic hydroxyl groups excluding tert-OH is 1. The topological polar surface area (TPSA) is 119 Å². The lowest BCUT2D eigenvalue weighted by Crippen LogP contribution is -2.47. The second-order valence-corrected chi connectivity index (χ2v) is 14.1. The molecular weight excluding hydrogens is 710 g/mol. The molecule has 2 amide bonds. The van der Waals surface area contributed by atoms with Gasteiger partial charge >= 0.3 is 5.69 Å². The Morgan fingerprint density at radius 2 is 1.86 bits per heavy atom. The molecule has 7 rings (SSSR count). The van der Waals surface area contributed by atoms with Gasteiger partial charge in [-0.2, -0.15) is 5.10 Å². The summed E-state index contributed by atoms with van der Waals surface area (Å²) < 4.78 is 7.82. The average Bonchev–Trinajstić information content (AvgIpc) is 3.83. The van der Waals surface area contributed by atoms with Gasteiger partial charge in [0.25, 0.3) is 11.8 Å². The first-order chi connectivity index (χ1) is 24.5. The number of hydrogen-bond acceptors (Lipinski definition) is 5. The lowest BCUT2D eigenvalue weighted by atomic mass is 10.0. The molecule has 0 saturated heterocycles. The monoisotopic (exact) mass is 749 g/mol. The fraction of sp³-hybridized carbons (Fsp3) is 0.282. The number of benzene rings is 3. The van der Waals surface area contributed by atoms with E-state index in [1.54, 1.807) is 22.5 Å². The molecule has 0 spiro atoms. The van der Waals surface area contributed by atoms with Crippen LogP contribution in [0.15, 0.2) is 94.5 Å². The van der Waals surface area contributed by atoms with Gasteiger partial charge in [-0.15, -0.1) is 0 Å². The molecule has 1 aliphatic rings. The van der Waals surface area contributed by atoms with E-state index in [9.17, 15) is 19.5 Å². The first-order valence-corrected chi connectivity index (χ1v) is 17.9. The summed E-state index contributed by atoms with van der Waals surface area (Å²) in [5, 5.41) is 18.6. The molecule has 0 fully saturated rings. The third-order valence-electron chi connectivity index (χ3n) is 9.60. The van der Waals surface area contributed by atoms with Gasteiger partial charge in [0.2, 0.25) is 0 Å². The highest BCUT2D eigenvalue weighted by molar-refractivity contribution is 9.10. The van der Waals surface area contributed by atoms with E-state index in [0.717, 1.165) is 44.3 Å². The zero-order valence-electron chi connectivity index (χ0n) is 29.0. The predicted octanol–water partition coefficient (Wildman–Crippen LogP) is 5.90. The van der Waals surface area contributed by atoms with Crippen LogP contribution in [-0.4, -0.2) is 57.4 Å². The number of nitrogens with one attached hydrogen (secondary N) is 1. The second kappa shape index (κ2) is 13.8. The van der Waals surface area contributed by atoms with Crippen molar-refractivity contribution < 1.29 is 14.7 Å². The number of aliphatic hydroxyl groups is 1. The van der Waals surface area contributed by atoms with Gasteiger partial charge in [0.15, 0.2) is 0 Å². The van der Waals surface area contributed by atoms with E-state index in [2.05, 4.69) is 26.3 Å². The maximum absolute atomic E-state index is 14.5. The molecule has 3 aromatic carbocycles. The van der Waals surface area contributed by atoms with E-state index in [1.807, 2.05) is 109 Å². The normalized spacial score (nSPS) is 14.9. The minimum absolute atomic E-state index is 0.0815. The van der Waals surface area contributed by atoms with Crippen LogP contribution in [0.5, 0.6) is 0 Å². The Kier molecular flexibility index (Phi) is 9.30. The van der Waals surface area contributed by atoms with E-state index >= 15 is 0 Å². The van der Waals surface area contributed by atoms with Crippen LogP contribution in [0, 0.1) is 6.92 Å². The number of fused-ring (bicyclic) bond motifs is 2. The second-order valence-electron chi connectivity index (χ2n) is 13.2. The first-order valence-electron chi connectivity index (χ1n) is 17.1. The molecule has 0 radical (unpaired) electrons. The molecule has 0 saturated carbocycles. The summed E-state index contributed by atoms with van der Waals surface area (Å²) in [5.74, 6) is -0.597. The van der Waals surface area contributed by atoms with Crippen molar-refractivity contribution in [3.8, 4) is 16.9 Å². The van der Waals surface area contributed by atoms with Gasteiger partial charge in [-0.25, -0.2) is 4.79 Å². The number of halogens is 1. The van der Waals surface area contributed by atoms with Gasteiger partial charge in [0, 0.05) is 71.1 Å². The summed E-state index contributed by atoms with van der Waals surface area (Å²) in [6, 6.07) is 22.5. The van der Waals surface area contributed by atoms with Crippen LogP contribution in [0.4, 0.5) is 0 Å². The van der Waals surface area contributed by atoms with Gasteiger partial charge < -0.3 is 19.9 Å². The molecule has 2 N–H and O–H groups in total. The fourth-order valence-corrected chi connectivity index (χ4v) is 7.19. The van der Waals surface area contributed by atoms with Crippen molar-refractivity contribution in [2.24, 2.45) is 0 Å². The first kappa shape index (κ1) is 34.3. The number of rotatable bonds is 9. The SMILES string of the molecule is CCn1ccc(-c2ccccc2CNC(=O)c2c3n(c(=O)n2-c2ccc4c(ccn4C[C@@H](C)O)c2)CC(C)N(C(=O)c2ccc(Br)c(C)c2)C3)n1. The largest absolute Gasteiger partial charge is 0.392 e. The maximum atomic E-state index is 14.5. The molecule has 0 bridgehead atoms. The smallest absolute Gasteiger partial charge is 0.333 e. The molecule has 3 aromatic heterocycles. The average molecular weight is 751 g/mol. The summed E-state index contributed by atoms with van der Waals surface area (Å²) in [5.41, 5.74) is 5.82. The van der Waals surface area contributed by atoms with E-state index in [-0.39, 0.29) is 43.0 Å².